The van der Waals surface area contributed by atoms with Crippen LogP contribution in [-0.4, -0.2) is 29.9 Å². The van der Waals surface area contributed by atoms with Gasteiger partial charge in [-0.2, -0.15) is 0 Å². The molecule has 0 spiro atoms. The maximum atomic E-state index is 12.5. The lowest BCUT2D eigenvalue weighted by molar-refractivity contribution is -0.131. The second-order valence-electron chi connectivity index (χ2n) is 7.53. The van der Waals surface area contributed by atoms with Crippen LogP contribution in [0.25, 0.3) is 12.2 Å². The maximum absolute atomic E-state index is 12.5. The normalized spacial score (nSPS) is 15.8. The number of halogens is 1. The zero-order valence-electron chi connectivity index (χ0n) is 17.1. The molecule has 1 saturated heterocycles. The van der Waals surface area contributed by atoms with Crippen LogP contribution in [-0.2, 0) is 4.79 Å². The van der Waals surface area contributed by atoms with Crippen molar-refractivity contribution in [3.63, 3.8) is 0 Å². The monoisotopic (exact) mass is 425 g/mol. The third kappa shape index (κ3) is 6.68. The number of carboxylic acids is 1. The Morgan fingerprint density at radius 3 is 2.00 bits per heavy atom. The topological polar surface area (TPSA) is 66.4 Å². The van der Waals surface area contributed by atoms with E-state index in [0.29, 0.717) is 17.4 Å². The predicted octanol–water partition coefficient (Wildman–Crippen LogP) is 5.21. The van der Waals surface area contributed by atoms with Crippen LogP contribution >= 0.6 is 12.4 Å². The summed E-state index contributed by atoms with van der Waals surface area (Å²) in [7, 11) is 0. The first-order valence-corrected chi connectivity index (χ1v) is 10.1. The standard InChI is InChI=1S/C25H27NO3.ClH/c1-18(22-14-16-26-17-15-22)21-8-10-23(11-9-21)24(27)12-6-19-2-4-20(5-3-19)7-13-25(28)29;/h2-13,18,22,26H,14-17H2,1H3,(H,28,29);1H/b12-6+,13-7+;. The summed E-state index contributed by atoms with van der Waals surface area (Å²) in [5, 5.41) is 12.1. The first kappa shape index (κ1) is 23.6. The highest BCUT2D eigenvalue weighted by atomic mass is 35.5. The summed E-state index contributed by atoms with van der Waals surface area (Å²) < 4.78 is 0. The number of benzene rings is 2. The fourth-order valence-corrected chi connectivity index (χ4v) is 3.72. The van der Waals surface area contributed by atoms with Crippen molar-refractivity contribution in [3.8, 4) is 0 Å². The number of carbonyl (C=O) groups is 2. The maximum Gasteiger partial charge on any atom is 0.328 e. The van der Waals surface area contributed by atoms with Crippen LogP contribution < -0.4 is 5.32 Å². The van der Waals surface area contributed by atoms with Crippen LogP contribution in [0.4, 0.5) is 0 Å². The molecule has 1 aliphatic heterocycles. The number of allylic oxidation sites excluding steroid dienone is 1. The molecule has 1 fully saturated rings. The minimum absolute atomic E-state index is 0. The Hall–Kier alpha value is -2.69. The molecule has 0 radical (unpaired) electrons. The first-order valence-electron chi connectivity index (χ1n) is 10.1. The molecule has 0 amide bonds. The fourth-order valence-electron chi connectivity index (χ4n) is 3.72. The highest BCUT2D eigenvalue weighted by molar-refractivity contribution is 6.06. The number of hydrogen-bond donors (Lipinski definition) is 2. The summed E-state index contributed by atoms with van der Waals surface area (Å²) in [6.45, 7) is 4.46. The molecular formula is C25H28ClNO3. The van der Waals surface area contributed by atoms with Crippen LogP contribution in [0.3, 0.4) is 0 Å². The van der Waals surface area contributed by atoms with Crippen molar-refractivity contribution >= 4 is 36.3 Å². The lowest BCUT2D eigenvalue weighted by Crippen LogP contribution is -2.30. The highest BCUT2D eigenvalue weighted by Gasteiger charge is 2.21. The third-order valence-electron chi connectivity index (χ3n) is 5.59. The molecule has 5 heteroatoms. The van der Waals surface area contributed by atoms with Crippen molar-refractivity contribution in [1.82, 2.24) is 5.32 Å². The van der Waals surface area contributed by atoms with Gasteiger partial charge in [0, 0.05) is 11.6 Å². The molecule has 0 aromatic heterocycles. The number of aliphatic carboxylic acids is 1. The van der Waals surface area contributed by atoms with Gasteiger partial charge in [-0.25, -0.2) is 4.79 Å². The lowest BCUT2D eigenvalue weighted by Gasteiger charge is -2.28. The smallest absolute Gasteiger partial charge is 0.328 e. The van der Waals surface area contributed by atoms with Crippen LogP contribution in [0, 0.1) is 5.92 Å². The van der Waals surface area contributed by atoms with Crippen molar-refractivity contribution in [2.24, 2.45) is 5.92 Å². The van der Waals surface area contributed by atoms with Gasteiger partial charge in [0.05, 0.1) is 0 Å². The lowest BCUT2D eigenvalue weighted by atomic mass is 9.81. The molecule has 1 aliphatic rings. The number of carboxylic acid groups (broad SMARTS) is 1. The van der Waals surface area contributed by atoms with E-state index in [-0.39, 0.29) is 18.2 Å². The Morgan fingerprint density at radius 2 is 1.47 bits per heavy atom. The van der Waals surface area contributed by atoms with Gasteiger partial charge >= 0.3 is 5.97 Å². The zero-order chi connectivity index (χ0) is 20.6. The molecule has 1 heterocycles. The summed E-state index contributed by atoms with van der Waals surface area (Å²) >= 11 is 0. The van der Waals surface area contributed by atoms with Gasteiger partial charge in [0.15, 0.2) is 5.78 Å². The van der Waals surface area contributed by atoms with E-state index >= 15 is 0 Å². The number of piperidine rings is 1. The average molecular weight is 426 g/mol. The molecule has 0 saturated carbocycles. The van der Waals surface area contributed by atoms with Crippen molar-refractivity contribution in [2.75, 3.05) is 13.1 Å². The van der Waals surface area contributed by atoms with E-state index in [4.69, 9.17) is 5.11 Å². The van der Waals surface area contributed by atoms with Gasteiger partial charge in [0.1, 0.15) is 0 Å². The molecule has 1 unspecified atom stereocenters. The summed E-state index contributed by atoms with van der Waals surface area (Å²) in [6.07, 6.45) is 8.40. The molecule has 3 rings (SSSR count). The number of nitrogens with one attached hydrogen (secondary N) is 1. The SMILES string of the molecule is CC(c1ccc(C(=O)/C=C/c2ccc(/C=C/C(=O)O)cc2)cc1)C1CCNCC1.Cl. The Balaban J connectivity index is 0.00000320. The van der Waals surface area contributed by atoms with Crippen molar-refractivity contribution in [1.29, 1.82) is 0 Å². The second-order valence-corrected chi connectivity index (χ2v) is 7.53. The molecular weight excluding hydrogens is 398 g/mol. The highest BCUT2D eigenvalue weighted by Crippen LogP contribution is 2.30. The van der Waals surface area contributed by atoms with Crippen LogP contribution in [0.5, 0.6) is 0 Å². The number of carbonyl (C=O) groups excluding carboxylic acids is 1. The van der Waals surface area contributed by atoms with Crippen molar-refractivity contribution in [3.05, 3.63) is 82.9 Å². The largest absolute Gasteiger partial charge is 0.478 e. The molecule has 2 N–H and O–H groups in total. The molecule has 4 nitrogen and oxygen atoms in total. The molecule has 0 aliphatic carbocycles. The minimum atomic E-state index is -0.976. The fraction of sp³-hybridized carbons (Fsp3) is 0.280. The Morgan fingerprint density at radius 1 is 0.933 bits per heavy atom. The average Bonchev–Trinajstić information content (AvgIpc) is 2.77. The van der Waals surface area contributed by atoms with Crippen LogP contribution in [0.1, 0.15) is 52.7 Å². The molecule has 30 heavy (non-hydrogen) atoms. The summed E-state index contributed by atoms with van der Waals surface area (Å²) in [4.78, 5) is 23.0. The van der Waals surface area contributed by atoms with E-state index < -0.39 is 5.97 Å². The molecule has 2 aromatic carbocycles. The first-order chi connectivity index (χ1) is 14.0. The summed E-state index contributed by atoms with van der Waals surface area (Å²) in [5.41, 5.74) is 3.67. The van der Waals surface area contributed by atoms with Gasteiger partial charge < -0.3 is 10.4 Å². The van der Waals surface area contributed by atoms with Crippen molar-refractivity contribution in [2.45, 2.75) is 25.7 Å². The van der Waals surface area contributed by atoms with Crippen LogP contribution in [0.2, 0.25) is 0 Å². The van der Waals surface area contributed by atoms with E-state index in [0.717, 1.165) is 30.3 Å². The predicted molar refractivity (Wildman–Crippen MR) is 124 cm³/mol. The Kier molecular flexibility index (Phi) is 9.03. The van der Waals surface area contributed by atoms with Gasteiger partial charge in [-0.15, -0.1) is 12.4 Å². The summed E-state index contributed by atoms with van der Waals surface area (Å²) in [6, 6.07) is 15.3. The van der Waals surface area contributed by atoms with Gasteiger partial charge in [0.2, 0.25) is 0 Å². The van der Waals surface area contributed by atoms with Gasteiger partial charge in [-0.05, 0) is 66.6 Å². The van der Waals surface area contributed by atoms with Gasteiger partial charge in [-0.1, -0.05) is 61.5 Å². The Bertz CT molecular complexity index is 895. The van der Waals surface area contributed by atoms with Crippen LogP contribution in [0.15, 0.2) is 60.7 Å². The quantitative estimate of drug-likeness (QED) is 0.472. The number of ketones is 1. The summed E-state index contributed by atoms with van der Waals surface area (Å²) in [5.74, 6) is 0.202. The Labute approximate surface area is 184 Å². The second kappa shape index (κ2) is 11.5. The molecule has 1 atom stereocenters. The van der Waals surface area contributed by atoms with E-state index in [1.54, 1.807) is 12.2 Å². The van der Waals surface area contributed by atoms with E-state index in [1.807, 2.05) is 36.4 Å². The minimum Gasteiger partial charge on any atom is -0.478 e. The van der Waals surface area contributed by atoms with Crippen molar-refractivity contribution < 1.29 is 14.7 Å². The zero-order valence-corrected chi connectivity index (χ0v) is 17.9. The molecule has 158 valence electrons. The van der Waals surface area contributed by atoms with Gasteiger partial charge in [0.25, 0.3) is 0 Å². The number of hydrogen-bond acceptors (Lipinski definition) is 3. The molecule has 2 aromatic rings. The van der Waals surface area contributed by atoms with E-state index in [9.17, 15) is 9.59 Å². The van der Waals surface area contributed by atoms with E-state index in [2.05, 4.69) is 24.4 Å². The van der Waals surface area contributed by atoms with E-state index in [1.165, 1.54) is 24.5 Å². The third-order valence-corrected chi connectivity index (χ3v) is 5.59. The van der Waals surface area contributed by atoms with Gasteiger partial charge in [-0.3, -0.25) is 4.79 Å². The molecule has 0 bridgehead atoms. The number of rotatable bonds is 7.